The Bertz CT molecular complexity index is 193. The van der Waals surface area contributed by atoms with E-state index in [2.05, 4.69) is 24.1 Å². The Morgan fingerprint density at radius 2 is 2.57 bits per heavy atom. The van der Waals surface area contributed by atoms with Crippen LogP contribution in [0.1, 0.15) is 32.6 Å². The van der Waals surface area contributed by atoms with Gasteiger partial charge in [-0.2, -0.15) is 0 Å². The first kappa shape index (κ1) is 11.2. The monoisotopic (exact) mass is 196 g/mol. The highest BCUT2D eigenvalue weighted by atomic mass is 16.1. The van der Waals surface area contributed by atoms with Crippen LogP contribution in [0.3, 0.4) is 0 Å². The molecule has 14 heavy (non-hydrogen) atoms. The molecule has 0 aromatic rings. The fraction of sp³-hybridized carbons (Fsp3) is 0.727. The largest absolute Gasteiger partial charge is 0.355 e. The maximum Gasteiger partial charge on any atom is 0.220 e. The summed E-state index contributed by atoms with van der Waals surface area (Å²) in [6.07, 6.45) is 5.73. The van der Waals surface area contributed by atoms with Crippen molar-refractivity contribution in [2.24, 2.45) is 0 Å². The van der Waals surface area contributed by atoms with Gasteiger partial charge in [0.15, 0.2) is 0 Å². The van der Waals surface area contributed by atoms with Crippen molar-refractivity contribution in [3.05, 3.63) is 12.7 Å². The normalized spacial score (nSPS) is 24.1. The molecule has 1 aliphatic rings. The number of rotatable bonds is 5. The van der Waals surface area contributed by atoms with E-state index in [1.807, 2.05) is 6.08 Å². The minimum atomic E-state index is 0.182. The molecule has 3 nitrogen and oxygen atoms in total. The minimum Gasteiger partial charge on any atom is -0.355 e. The maximum atomic E-state index is 10.9. The molecule has 1 saturated heterocycles. The Kier molecular flexibility index (Phi) is 4.66. The van der Waals surface area contributed by atoms with Gasteiger partial charge in [-0.05, 0) is 26.2 Å². The van der Waals surface area contributed by atoms with E-state index in [-0.39, 0.29) is 5.91 Å². The van der Waals surface area contributed by atoms with E-state index in [0.29, 0.717) is 18.5 Å². The van der Waals surface area contributed by atoms with Gasteiger partial charge < -0.3 is 10.6 Å². The topological polar surface area (TPSA) is 41.1 Å². The van der Waals surface area contributed by atoms with Crippen LogP contribution >= 0.6 is 0 Å². The number of nitrogens with one attached hydrogen (secondary N) is 2. The first-order chi connectivity index (χ1) is 6.72. The lowest BCUT2D eigenvalue weighted by molar-refractivity contribution is -0.122. The van der Waals surface area contributed by atoms with Gasteiger partial charge in [0.25, 0.3) is 0 Å². The van der Waals surface area contributed by atoms with Crippen molar-refractivity contribution >= 4 is 5.91 Å². The number of piperidine rings is 1. The lowest BCUT2D eigenvalue weighted by atomic mass is 10.0. The molecule has 80 valence electrons. The van der Waals surface area contributed by atoms with Crippen LogP contribution in [0.5, 0.6) is 0 Å². The van der Waals surface area contributed by atoms with E-state index >= 15 is 0 Å². The van der Waals surface area contributed by atoms with E-state index in [4.69, 9.17) is 0 Å². The summed E-state index contributed by atoms with van der Waals surface area (Å²) in [6, 6.07) is 0.959. The van der Waals surface area contributed by atoms with Crippen molar-refractivity contribution < 1.29 is 4.79 Å². The van der Waals surface area contributed by atoms with E-state index in [9.17, 15) is 4.79 Å². The molecule has 0 aliphatic carbocycles. The van der Waals surface area contributed by atoms with Crippen LogP contribution in [0.15, 0.2) is 12.7 Å². The molecular weight excluding hydrogens is 176 g/mol. The van der Waals surface area contributed by atoms with Gasteiger partial charge in [0, 0.05) is 25.0 Å². The quantitative estimate of drug-likeness (QED) is 0.649. The predicted molar refractivity (Wildman–Crippen MR) is 58.1 cm³/mol. The summed E-state index contributed by atoms with van der Waals surface area (Å²) < 4.78 is 0. The zero-order valence-corrected chi connectivity index (χ0v) is 8.88. The van der Waals surface area contributed by atoms with E-state index in [0.717, 1.165) is 25.8 Å². The summed E-state index contributed by atoms with van der Waals surface area (Å²) in [7, 11) is 0. The number of allylic oxidation sites excluding steroid dienone is 1. The Hall–Kier alpha value is -0.830. The summed E-state index contributed by atoms with van der Waals surface area (Å²) in [5.41, 5.74) is 0. The van der Waals surface area contributed by atoms with Crippen LogP contribution in [0.25, 0.3) is 0 Å². The average molecular weight is 196 g/mol. The van der Waals surface area contributed by atoms with Crippen molar-refractivity contribution in [2.45, 2.75) is 44.7 Å². The average Bonchev–Trinajstić information content (AvgIpc) is 2.18. The fourth-order valence-electron chi connectivity index (χ4n) is 1.73. The molecule has 1 rings (SSSR count). The molecule has 0 bridgehead atoms. The summed E-state index contributed by atoms with van der Waals surface area (Å²) in [4.78, 5) is 10.9. The van der Waals surface area contributed by atoms with Crippen molar-refractivity contribution in [2.75, 3.05) is 6.54 Å². The van der Waals surface area contributed by atoms with E-state index in [1.54, 1.807) is 0 Å². The van der Waals surface area contributed by atoms with Gasteiger partial charge in [0.05, 0.1) is 0 Å². The Labute approximate surface area is 86.0 Å². The van der Waals surface area contributed by atoms with Gasteiger partial charge >= 0.3 is 0 Å². The zero-order valence-electron chi connectivity index (χ0n) is 8.88. The molecule has 1 fully saturated rings. The Morgan fingerprint density at radius 1 is 1.79 bits per heavy atom. The van der Waals surface area contributed by atoms with Crippen LogP contribution in [-0.4, -0.2) is 24.5 Å². The van der Waals surface area contributed by atoms with Crippen LogP contribution in [0.2, 0.25) is 0 Å². The molecule has 0 radical (unpaired) electrons. The van der Waals surface area contributed by atoms with Gasteiger partial charge in [-0.15, -0.1) is 6.58 Å². The molecule has 3 heteroatoms. The van der Waals surface area contributed by atoms with Gasteiger partial charge in [0.2, 0.25) is 5.91 Å². The smallest absolute Gasteiger partial charge is 0.220 e. The minimum absolute atomic E-state index is 0.182. The van der Waals surface area contributed by atoms with Crippen molar-refractivity contribution in [1.29, 1.82) is 0 Å². The van der Waals surface area contributed by atoms with Gasteiger partial charge in [-0.1, -0.05) is 6.08 Å². The molecule has 2 N–H and O–H groups in total. The van der Waals surface area contributed by atoms with E-state index in [1.165, 1.54) is 0 Å². The summed E-state index contributed by atoms with van der Waals surface area (Å²) in [5.74, 6) is 0.182. The predicted octanol–water partition coefficient (Wildman–Crippen LogP) is 1.21. The molecular formula is C11H20N2O. The Balaban J connectivity index is 2.16. The third-order valence-corrected chi connectivity index (χ3v) is 2.59. The van der Waals surface area contributed by atoms with Crippen molar-refractivity contribution in [3.63, 3.8) is 0 Å². The van der Waals surface area contributed by atoms with Crippen molar-refractivity contribution in [3.8, 4) is 0 Å². The van der Waals surface area contributed by atoms with Gasteiger partial charge in [-0.25, -0.2) is 0 Å². The van der Waals surface area contributed by atoms with Crippen molar-refractivity contribution in [1.82, 2.24) is 10.6 Å². The highest BCUT2D eigenvalue weighted by molar-refractivity contribution is 5.76. The van der Waals surface area contributed by atoms with Crippen LogP contribution in [-0.2, 0) is 4.79 Å². The highest BCUT2D eigenvalue weighted by Crippen LogP contribution is 2.05. The summed E-state index contributed by atoms with van der Waals surface area (Å²) >= 11 is 0. The van der Waals surface area contributed by atoms with Crippen LogP contribution in [0.4, 0.5) is 0 Å². The Morgan fingerprint density at radius 3 is 3.14 bits per heavy atom. The first-order valence-electron chi connectivity index (χ1n) is 5.36. The number of carbonyl (C=O) groups is 1. The number of hydrogen-bond donors (Lipinski definition) is 2. The number of amides is 1. The highest BCUT2D eigenvalue weighted by Gasteiger charge is 2.18. The van der Waals surface area contributed by atoms with E-state index < -0.39 is 0 Å². The number of hydrogen-bond acceptors (Lipinski definition) is 2. The van der Waals surface area contributed by atoms with Gasteiger partial charge in [0.1, 0.15) is 0 Å². The van der Waals surface area contributed by atoms with Crippen LogP contribution in [0, 0.1) is 0 Å². The molecule has 0 spiro atoms. The maximum absolute atomic E-state index is 10.9. The molecule has 1 heterocycles. The summed E-state index contributed by atoms with van der Waals surface area (Å²) in [6.45, 7) is 6.66. The second kappa shape index (κ2) is 5.81. The lowest BCUT2D eigenvalue weighted by Crippen LogP contribution is -2.48. The third-order valence-electron chi connectivity index (χ3n) is 2.59. The number of carbonyl (C=O) groups excluding carboxylic acids is 1. The molecule has 1 aliphatic heterocycles. The third kappa shape index (κ3) is 3.92. The zero-order chi connectivity index (χ0) is 10.4. The molecule has 2 atom stereocenters. The molecule has 0 aromatic heterocycles. The van der Waals surface area contributed by atoms with Crippen LogP contribution < -0.4 is 10.6 Å². The van der Waals surface area contributed by atoms with Gasteiger partial charge in [-0.3, -0.25) is 4.79 Å². The SMILES string of the molecule is C=CCCC(C)NC1CCC(=O)NC1. The molecule has 0 aromatic carbocycles. The molecule has 0 saturated carbocycles. The summed E-state index contributed by atoms with van der Waals surface area (Å²) in [5, 5.41) is 6.38. The molecule has 1 amide bonds. The second-order valence-electron chi connectivity index (χ2n) is 3.97. The first-order valence-corrected chi connectivity index (χ1v) is 5.36. The standard InChI is InChI=1S/C11H20N2O/c1-3-4-5-9(2)13-10-6-7-11(14)12-8-10/h3,9-10,13H,1,4-8H2,2H3,(H,12,14). The second-order valence-corrected chi connectivity index (χ2v) is 3.97. The molecule has 2 unspecified atom stereocenters. The fourth-order valence-corrected chi connectivity index (χ4v) is 1.73. The lowest BCUT2D eigenvalue weighted by Gasteiger charge is -2.26.